The van der Waals surface area contributed by atoms with E-state index in [0.29, 0.717) is 18.1 Å². The first-order valence-corrected chi connectivity index (χ1v) is 8.40. The molecule has 1 heterocycles. The summed E-state index contributed by atoms with van der Waals surface area (Å²) in [5, 5.41) is 5.76. The molecule has 1 aromatic rings. The van der Waals surface area contributed by atoms with Gasteiger partial charge in [0.1, 0.15) is 0 Å². The number of rotatable bonds is 9. The van der Waals surface area contributed by atoms with E-state index in [1.807, 2.05) is 11.3 Å². The molecule has 0 aliphatic rings. The molecule has 110 valence electrons. The van der Waals surface area contributed by atoms with Crippen LogP contribution < -0.4 is 5.32 Å². The molecule has 0 saturated carbocycles. The van der Waals surface area contributed by atoms with Crippen molar-refractivity contribution in [1.29, 1.82) is 0 Å². The Kier molecular flexibility index (Phi) is 7.66. The zero-order valence-corrected chi connectivity index (χ0v) is 14.0. The highest BCUT2D eigenvalue weighted by Crippen LogP contribution is 2.16. The van der Waals surface area contributed by atoms with E-state index >= 15 is 0 Å². The molecule has 19 heavy (non-hydrogen) atoms. The van der Waals surface area contributed by atoms with Crippen molar-refractivity contribution in [2.45, 2.75) is 65.1 Å². The van der Waals surface area contributed by atoms with Crippen LogP contribution in [0.25, 0.3) is 0 Å². The van der Waals surface area contributed by atoms with E-state index in [-0.39, 0.29) is 0 Å². The molecule has 0 spiro atoms. The van der Waals surface area contributed by atoms with Crippen molar-refractivity contribution in [1.82, 2.24) is 10.2 Å². The van der Waals surface area contributed by atoms with E-state index in [1.165, 1.54) is 17.7 Å². The quantitative estimate of drug-likeness (QED) is 0.741. The molecule has 0 aromatic carbocycles. The van der Waals surface area contributed by atoms with Crippen LogP contribution in [0.15, 0.2) is 17.5 Å². The summed E-state index contributed by atoms with van der Waals surface area (Å²) in [5.41, 5.74) is 0. The largest absolute Gasteiger partial charge is 0.313 e. The number of hydrogen-bond acceptors (Lipinski definition) is 3. The maximum absolute atomic E-state index is 3.59. The van der Waals surface area contributed by atoms with Gasteiger partial charge >= 0.3 is 0 Å². The third kappa shape index (κ3) is 6.07. The van der Waals surface area contributed by atoms with Crippen LogP contribution in [0.1, 0.15) is 45.4 Å². The predicted molar refractivity (Wildman–Crippen MR) is 87.1 cm³/mol. The number of thiophene rings is 1. The number of nitrogens with zero attached hydrogens (tertiary/aromatic N) is 1. The third-order valence-electron chi connectivity index (χ3n) is 3.73. The monoisotopic (exact) mass is 282 g/mol. The van der Waals surface area contributed by atoms with Gasteiger partial charge in [0, 0.05) is 29.5 Å². The van der Waals surface area contributed by atoms with Gasteiger partial charge in [-0.2, -0.15) is 0 Å². The molecular formula is C16H30N2S. The van der Waals surface area contributed by atoms with Crippen LogP contribution in [0.3, 0.4) is 0 Å². The minimum atomic E-state index is 0.570. The van der Waals surface area contributed by atoms with Gasteiger partial charge in [0.05, 0.1) is 0 Å². The number of hydrogen-bond donors (Lipinski definition) is 1. The molecule has 2 atom stereocenters. The van der Waals surface area contributed by atoms with Crippen LogP contribution in [-0.4, -0.2) is 36.6 Å². The van der Waals surface area contributed by atoms with Gasteiger partial charge in [-0.05, 0) is 38.3 Å². The Hall–Kier alpha value is -0.380. The van der Waals surface area contributed by atoms with Crippen molar-refractivity contribution >= 4 is 11.3 Å². The zero-order valence-electron chi connectivity index (χ0n) is 13.1. The van der Waals surface area contributed by atoms with E-state index in [2.05, 4.69) is 62.5 Å². The molecule has 0 amide bonds. The van der Waals surface area contributed by atoms with Gasteiger partial charge in [-0.1, -0.05) is 33.3 Å². The first-order chi connectivity index (χ1) is 9.04. The molecule has 0 bridgehead atoms. The summed E-state index contributed by atoms with van der Waals surface area (Å²) in [6, 6.07) is 6.21. The van der Waals surface area contributed by atoms with E-state index < -0.39 is 0 Å². The normalized spacial score (nSPS) is 15.1. The molecule has 1 aromatic heterocycles. The Labute approximate surface area is 123 Å². The maximum Gasteiger partial charge on any atom is 0.0220 e. The SMILES string of the molecule is CCCC(CNC(C)C)N(C)C(C)Cc1cccs1. The summed E-state index contributed by atoms with van der Waals surface area (Å²) in [5.74, 6) is 0. The summed E-state index contributed by atoms with van der Waals surface area (Å²) in [7, 11) is 2.28. The summed E-state index contributed by atoms with van der Waals surface area (Å²) in [6.45, 7) is 10.2. The molecule has 0 aliphatic carbocycles. The zero-order chi connectivity index (χ0) is 14.3. The molecule has 1 N–H and O–H groups in total. The van der Waals surface area contributed by atoms with E-state index in [1.54, 1.807) is 0 Å². The summed E-state index contributed by atoms with van der Waals surface area (Å²) < 4.78 is 0. The summed E-state index contributed by atoms with van der Waals surface area (Å²) >= 11 is 1.87. The van der Waals surface area contributed by atoms with Gasteiger partial charge < -0.3 is 5.32 Å². The molecule has 0 saturated heterocycles. The minimum Gasteiger partial charge on any atom is -0.313 e. The average Bonchev–Trinajstić information content (AvgIpc) is 2.86. The highest BCUT2D eigenvalue weighted by Gasteiger charge is 2.19. The van der Waals surface area contributed by atoms with E-state index in [9.17, 15) is 0 Å². The fourth-order valence-corrected chi connectivity index (χ4v) is 3.20. The van der Waals surface area contributed by atoms with Crippen LogP contribution in [0, 0.1) is 0 Å². The van der Waals surface area contributed by atoms with Gasteiger partial charge in [-0.25, -0.2) is 0 Å². The van der Waals surface area contributed by atoms with Gasteiger partial charge in [0.15, 0.2) is 0 Å². The van der Waals surface area contributed by atoms with E-state index in [4.69, 9.17) is 0 Å². The van der Waals surface area contributed by atoms with Crippen molar-refractivity contribution in [2.75, 3.05) is 13.6 Å². The second-order valence-corrected chi connectivity index (χ2v) is 6.84. The average molecular weight is 282 g/mol. The smallest absolute Gasteiger partial charge is 0.0220 e. The Morgan fingerprint density at radius 1 is 1.32 bits per heavy atom. The van der Waals surface area contributed by atoms with E-state index in [0.717, 1.165) is 13.0 Å². The molecule has 0 aliphatic heterocycles. The lowest BCUT2D eigenvalue weighted by molar-refractivity contribution is 0.167. The molecule has 2 nitrogen and oxygen atoms in total. The molecule has 0 radical (unpaired) electrons. The number of likely N-dealkylation sites (N-methyl/N-ethyl adjacent to an activating group) is 1. The molecule has 1 rings (SSSR count). The lowest BCUT2D eigenvalue weighted by Gasteiger charge is -2.34. The van der Waals surface area contributed by atoms with Crippen molar-refractivity contribution in [3.05, 3.63) is 22.4 Å². The van der Waals surface area contributed by atoms with Crippen molar-refractivity contribution in [3.8, 4) is 0 Å². The molecule has 3 heteroatoms. The van der Waals surface area contributed by atoms with Crippen LogP contribution >= 0.6 is 11.3 Å². The minimum absolute atomic E-state index is 0.570. The lowest BCUT2D eigenvalue weighted by Crippen LogP contribution is -2.46. The van der Waals surface area contributed by atoms with Crippen molar-refractivity contribution in [3.63, 3.8) is 0 Å². The van der Waals surface area contributed by atoms with Crippen molar-refractivity contribution in [2.24, 2.45) is 0 Å². The first kappa shape index (κ1) is 16.7. The first-order valence-electron chi connectivity index (χ1n) is 7.52. The van der Waals surface area contributed by atoms with Crippen LogP contribution in [0.5, 0.6) is 0 Å². The van der Waals surface area contributed by atoms with Gasteiger partial charge in [0.25, 0.3) is 0 Å². The highest BCUT2D eigenvalue weighted by atomic mass is 32.1. The van der Waals surface area contributed by atoms with Crippen LogP contribution in [0.4, 0.5) is 0 Å². The van der Waals surface area contributed by atoms with Crippen LogP contribution in [0.2, 0.25) is 0 Å². The standard InChI is InChI=1S/C16H30N2S/c1-6-8-15(12-17-13(2)3)18(5)14(4)11-16-9-7-10-19-16/h7,9-10,13-15,17H,6,8,11-12H2,1-5H3. The van der Waals surface area contributed by atoms with Gasteiger partial charge in [-0.15, -0.1) is 11.3 Å². The molecule has 0 fully saturated rings. The Balaban J connectivity index is 2.51. The second-order valence-electron chi connectivity index (χ2n) is 5.80. The van der Waals surface area contributed by atoms with Crippen molar-refractivity contribution < 1.29 is 0 Å². The fourth-order valence-electron chi connectivity index (χ4n) is 2.38. The summed E-state index contributed by atoms with van der Waals surface area (Å²) in [6.07, 6.45) is 3.68. The predicted octanol–water partition coefficient (Wildman–Crippen LogP) is 3.78. The lowest BCUT2D eigenvalue weighted by atomic mass is 10.1. The number of nitrogens with one attached hydrogen (secondary N) is 1. The van der Waals surface area contributed by atoms with Crippen LogP contribution in [-0.2, 0) is 6.42 Å². The summed E-state index contributed by atoms with van der Waals surface area (Å²) in [4.78, 5) is 4.05. The third-order valence-corrected chi connectivity index (χ3v) is 4.63. The Morgan fingerprint density at radius 3 is 2.58 bits per heavy atom. The van der Waals surface area contributed by atoms with Gasteiger partial charge in [-0.3, -0.25) is 4.90 Å². The molecular weight excluding hydrogens is 252 g/mol. The molecule has 2 unspecified atom stereocenters. The fraction of sp³-hybridized carbons (Fsp3) is 0.750. The maximum atomic E-state index is 3.59. The topological polar surface area (TPSA) is 15.3 Å². The second kappa shape index (κ2) is 8.72. The highest BCUT2D eigenvalue weighted by molar-refractivity contribution is 7.09. The van der Waals surface area contributed by atoms with Gasteiger partial charge in [0.2, 0.25) is 0 Å². The Bertz CT molecular complexity index is 321. The Morgan fingerprint density at radius 2 is 2.05 bits per heavy atom.